The summed E-state index contributed by atoms with van der Waals surface area (Å²) in [4.78, 5) is 35.7. The van der Waals surface area contributed by atoms with Gasteiger partial charge in [0.25, 0.3) is 0 Å². The van der Waals surface area contributed by atoms with Gasteiger partial charge in [-0.2, -0.15) is 0 Å². The van der Waals surface area contributed by atoms with E-state index < -0.39 is 23.5 Å². The number of methoxy groups -OCH3 is 1. The fourth-order valence-electron chi connectivity index (χ4n) is 2.65. The van der Waals surface area contributed by atoms with Crippen LogP contribution in [0.3, 0.4) is 0 Å². The summed E-state index contributed by atoms with van der Waals surface area (Å²) in [6, 6.07) is 2.08. The smallest absolute Gasteiger partial charge is 0.340 e. The van der Waals surface area contributed by atoms with Crippen molar-refractivity contribution in [1.29, 1.82) is 0 Å². The van der Waals surface area contributed by atoms with Crippen molar-refractivity contribution in [3.8, 4) is 5.75 Å². The molecule has 7 nitrogen and oxygen atoms in total. The molecule has 0 spiro atoms. The number of carbonyl (C=O) groups excluding carboxylic acids is 1. The highest BCUT2D eigenvalue weighted by molar-refractivity contribution is 6.32. The Morgan fingerprint density at radius 2 is 2.00 bits per heavy atom. The number of carboxylic acids is 1. The maximum atomic E-state index is 12.3. The molecular weight excluding hydrogens is 362 g/mol. The van der Waals surface area contributed by atoms with Crippen LogP contribution in [0.5, 0.6) is 5.75 Å². The van der Waals surface area contributed by atoms with Gasteiger partial charge in [0.05, 0.1) is 24.1 Å². The Morgan fingerprint density at radius 1 is 1.35 bits per heavy atom. The molecule has 26 heavy (non-hydrogen) atoms. The Bertz CT molecular complexity index is 918. The van der Waals surface area contributed by atoms with Gasteiger partial charge in [0, 0.05) is 11.5 Å². The minimum atomic E-state index is -1.13. The molecule has 0 radical (unpaired) electrons. The number of carbonyl (C=O) groups is 2. The molecule has 2 aromatic rings. The summed E-state index contributed by atoms with van der Waals surface area (Å²) in [5, 5.41) is 12.5. The van der Waals surface area contributed by atoms with Gasteiger partial charge < -0.3 is 19.6 Å². The minimum Gasteiger partial charge on any atom is -0.495 e. The Kier molecular flexibility index (Phi) is 5.92. The second-order valence-electron chi connectivity index (χ2n) is 6.28. The normalized spacial score (nSPS) is 12.2. The SMILES string of the molecule is COc1cc2oc(=O)c(CC(=O)N[C@H](C(=O)O)C(C)C)c(C)c2cc1Cl. The van der Waals surface area contributed by atoms with Gasteiger partial charge in [0.2, 0.25) is 5.91 Å². The lowest BCUT2D eigenvalue weighted by molar-refractivity contribution is -0.143. The van der Waals surface area contributed by atoms with Crippen LogP contribution in [0.25, 0.3) is 11.0 Å². The second kappa shape index (κ2) is 7.78. The number of hydrogen-bond acceptors (Lipinski definition) is 5. The molecule has 8 heteroatoms. The number of halogens is 1. The van der Waals surface area contributed by atoms with E-state index >= 15 is 0 Å². The number of carboxylic acid groups (broad SMARTS) is 1. The molecule has 0 aliphatic rings. The van der Waals surface area contributed by atoms with E-state index in [0.29, 0.717) is 27.3 Å². The summed E-state index contributed by atoms with van der Waals surface area (Å²) in [6.07, 6.45) is -0.287. The Labute approximate surface area is 154 Å². The van der Waals surface area contributed by atoms with Crippen molar-refractivity contribution >= 4 is 34.4 Å². The van der Waals surface area contributed by atoms with Crippen molar-refractivity contribution in [1.82, 2.24) is 5.32 Å². The van der Waals surface area contributed by atoms with Crippen LogP contribution in [0.15, 0.2) is 21.3 Å². The summed E-state index contributed by atoms with van der Waals surface area (Å²) in [5.74, 6) is -1.62. The lowest BCUT2D eigenvalue weighted by Crippen LogP contribution is -2.45. The van der Waals surface area contributed by atoms with Crippen molar-refractivity contribution < 1.29 is 23.8 Å². The highest BCUT2D eigenvalue weighted by atomic mass is 35.5. The number of amides is 1. The molecule has 1 aromatic heterocycles. The molecular formula is C18H20ClNO6. The van der Waals surface area contributed by atoms with Gasteiger partial charge in [0.1, 0.15) is 17.4 Å². The number of aliphatic carboxylic acids is 1. The van der Waals surface area contributed by atoms with Crippen LogP contribution < -0.4 is 15.7 Å². The monoisotopic (exact) mass is 381 g/mol. The molecule has 0 aliphatic carbocycles. The first-order valence-corrected chi connectivity index (χ1v) is 8.35. The summed E-state index contributed by atoms with van der Waals surface area (Å²) in [6.45, 7) is 5.05. The number of benzene rings is 1. The van der Waals surface area contributed by atoms with Crippen molar-refractivity contribution in [2.45, 2.75) is 33.2 Å². The summed E-state index contributed by atoms with van der Waals surface area (Å²) >= 11 is 6.12. The molecule has 0 unspecified atom stereocenters. The average molecular weight is 382 g/mol. The third-order valence-electron chi connectivity index (χ3n) is 4.15. The Hall–Kier alpha value is -2.54. The van der Waals surface area contributed by atoms with Crippen molar-refractivity contribution in [3.63, 3.8) is 0 Å². The highest BCUT2D eigenvalue weighted by Gasteiger charge is 2.24. The average Bonchev–Trinajstić information content (AvgIpc) is 2.56. The Balaban J connectivity index is 2.39. The van der Waals surface area contributed by atoms with E-state index in [1.54, 1.807) is 26.8 Å². The largest absolute Gasteiger partial charge is 0.495 e. The van der Waals surface area contributed by atoms with Gasteiger partial charge >= 0.3 is 11.6 Å². The third-order valence-corrected chi connectivity index (χ3v) is 4.44. The summed E-state index contributed by atoms with van der Waals surface area (Å²) < 4.78 is 10.4. The summed E-state index contributed by atoms with van der Waals surface area (Å²) in [7, 11) is 1.45. The number of nitrogens with one attached hydrogen (secondary N) is 1. The first-order chi connectivity index (χ1) is 12.1. The highest BCUT2D eigenvalue weighted by Crippen LogP contribution is 2.31. The standard InChI is InChI=1S/C18H20ClNO6/c1-8(2)16(17(22)23)20-15(21)6-11-9(3)10-5-12(19)14(25-4)7-13(10)26-18(11)24/h5,7-8,16H,6H2,1-4H3,(H,20,21)(H,22,23)/t16-/m0/s1. The Morgan fingerprint density at radius 3 is 2.54 bits per heavy atom. The van der Waals surface area contributed by atoms with Crippen LogP contribution in [0.4, 0.5) is 0 Å². The second-order valence-corrected chi connectivity index (χ2v) is 6.69. The number of ether oxygens (including phenoxy) is 1. The minimum absolute atomic E-state index is 0.157. The lowest BCUT2D eigenvalue weighted by atomic mass is 10.0. The number of fused-ring (bicyclic) bond motifs is 1. The predicted molar refractivity (Wildman–Crippen MR) is 96.9 cm³/mol. The fraction of sp³-hybridized carbons (Fsp3) is 0.389. The van der Waals surface area contributed by atoms with E-state index in [9.17, 15) is 14.4 Å². The van der Waals surface area contributed by atoms with Crippen LogP contribution in [-0.4, -0.2) is 30.1 Å². The molecule has 0 saturated heterocycles. The maximum absolute atomic E-state index is 12.3. The predicted octanol–water partition coefficient (Wildman–Crippen LogP) is 2.53. The summed E-state index contributed by atoms with van der Waals surface area (Å²) in [5.41, 5.74) is 0.339. The van der Waals surface area contributed by atoms with Crippen molar-refractivity contribution in [2.75, 3.05) is 7.11 Å². The molecule has 0 aliphatic heterocycles. The van der Waals surface area contributed by atoms with Gasteiger partial charge in [-0.25, -0.2) is 9.59 Å². The zero-order valence-electron chi connectivity index (χ0n) is 14.9. The first kappa shape index (κ1) is 19.8. The van der Waals surface area contributed by atoms with E-state index in [1.807, 2.05) is 0 Å². The first-order valence-electron chi connectivity index (χ1n) is 7.97. The van der Waals surface area contributed by atoms with Gasteiger partial charge in [-0.1, -0.05) is 25.4 Å². The number of rotatable bonds is 6. The van der Waals surface area contributed by atoms with Gasteiger partial charge in [-0.15, -0.1) is 0 Å². The zero-order valence-corrected chi connectivity index (χ0v) is 15.6. The van der Waals surface area contributed by atoms with E-state index in [1.165, 1.54) is 13.2 Å². The molecule has 1 heterocycles. The maximum Gasteiger partial charge on any atom is 0.340 e. The van der Waals surface area contributed by atoms with Crippen LogP contribution >= 0.6 is 11.6 Å². The lowest BCUT2D eigenvalue weighted by Gasteiger charge is -2.18. The topological polar surface area (TPSA) is 106 Å². The van der Waals surface area contributed by atoms with Crippen LogP contribution in [0, 0.1) is 12.8 Å². The molecule has 0 saturated carbocycles. The molecule has 1 amide bonds. The quantitative estimate of drug-likeness (QED) is 0.745. The van der Waals surface area contributed by atoms with E-state index in [0.717, 1.165) is 0 Å². The number of aryl methyl sites for hydroxylation is 1. The van der Waals surface area contributed by atoms with Crippen molar-refractivity contribution in [2.24, 2.45) is 5.92 Å². The zero-order chi connectivity index (χ0) is 19.6. The molecule has 0 fully saturated rings. The molecule has 1 aromatic carbocycles. The molecule has 2 N–H and O–H groups in total. The van der Waals surface area contributed by atoms with Crippen LogP contribution in [0.1, 0.15) is 25.0 Å². The number of hydrogen-bond donors (Lipinski definition) is 2. The van der Waals surface area contributed by atoms with Crippen molar-refractivity contribution in [3.05, 3.63) is 38.7 Å². The molecule has 1 atom stereocenters. The van der Waals surface area contributed by atoms with Gasteiger partial charge in [0.15, 0.2) is 0 Å². The molecule has 2 rings (SSSR count). The van der Waals surface area contributed by atoms with Gasteiger partial charge in [-0.05, 0) is 24.5 Å². The van der Waals surface area contributed by atoms with E-state index in [4.69, 9.17) is 25.9 Å². The molecule has 140 valence electrons. The van der Waals surface area contributed by atoms with Crippen LogP contribution in [0.2, 0.25) is 5.02 Å². The fourth-order valence-corrected chi connectivity index (χ4v) is 2.89. The molecule has 0 bridgehead atoms. The van der Waals surface area contributed by atoms with E-state index in [-0.39, 0.29) is 17.9 Å². The van der Waals surface area contributed by atoms with Crippen LogP contribution in [-0.2, 0) is 16.0 Å². The third kappa shape index (κ3) is 3.99. The van der Waals surface area contributed by atoms with Gasteiger partial charge in [-0.3, -0.25) is 4.79 Å². The van der Waals surface area contributed by atoms with E-state index in [2.05, 4.69) is 5.32 Å².